The molecule has 0 bridgehead atoms. The molecule has 1 aliphatic rings. The standard InChI is InChI=1S/C32H38N4O7S/c1-19-17-28(42-5)20(2)21(3)29(19)44(40,41)35-31(33)34-16-10-15-27(30(37)38)36(4)32(39)43-18-26-24-13-8-6-11-22(24)23-12-7-9-14-25(23)26/h6-9,11-14,17,26-27H,10,15-16,18H2,1-5H3,(H,37,38)(H3,33,34,35)/t27-/m0/s1. The average Bonchev–Trinajstić information content (AvgIpc) is 3.30. The summed E-state index contributed by atoms with van der Waals surface area (Å²) in [6.45, 7) is 5.22. The van der Waals surface area contributed by atoms with E-state index in [1.54, 1.807) is 26.8 Å². The van der Waals surface area contributed by atoms with Crippen molar-refractivity contribution in [3.63, 3.8) is 0 Å². The van der Waals surface area contributed by atoms with Gasteiger partial charge in [0.2, 0.25) is 5.96 Å². The van der Waals surface area contributed by atoms with E-state index in [1.807, 2.05) is 48.5 Å². The predicted molar refractivity (Wildman–Crippen MR) is 168 cm³/mol. The van der Waals surface area contributed by atoms with E-state index in [9.17, 15) is 23.1 Å². The van der Waals surface area contributed by atoms with Crippen LogP contribution in [-0.2, 0) is 19.6 Å². The summed E-state index contributed by atoms with van der Waals surface area (Å²) < 4.78 is 39.4. The van der Waals surface area contributed by atoms with Gasteiger partial charge in [0.25, 0.3) is 10.0 Å². The number of hydrogen-bond donors (Lipinski definition) is 3. The third-order valence-electron chi connectivity index (χ3n) is 8.00. The number of guanidine groups is 1. The Kier molecular flexibility index (Phi) is 9.83. The first-order valence-corrected chi connectivity index (χ1v) is 15.6. The van der Waals surface area contributed by atoms with Crippen molar-refractivity contribution in [1.82, 2.24) is 9.62 Å². The molecule has 0 spiro atoms. The number of ether oxygens (including phenoxy) is 2. The Morgan fingerprint density at radius 1 is 1.05 bits per heavy atom. The number of benzene rings is 3. The average molecular weight is 623 g/mol. The van der Waals surface area contributed by atoms with Gasteiger partial charge >= 0.3 is 12.1 Å². The molecule has 12 heteroatoms. The lowest BCUT2D eigenvalue weighted by molar-refractivity contribution is -0.142. The fraction of sp³-hybridized carbons (Fsp3) is 0.344. The topological polar surface area (TPSA) is 161 Å². The maximum absolute atomic E-state index is 13.1. The Hall–Kier alpha value is -4.58. The molecule has 44 heavy (non-hydrogen) atoms. The molecule has 0 aliphatic heterocycles. The molecule has 0 unspecified atom stereocenters. The van der Waals surface area contributed by atoms with Crippen LogP contribution in [0.3, 0.4) is 0 Å². The number of aliphatic carboxylic acids is 1. The van der Waals surface area contributed by atoms with Crippen LogP contribution in [0.15, 0.2) is 64.5 Å². The highest BCUT2D eigenvalue weighted by atomic mass is 32.2. The first-order valence-electron chi connectivity index (χ1n) is 14.2. The van der Waals surface area contributed by atoms with Crippen LogP contribution in [0, 0.1) is 20.8 Å². The minimum atomic E-state index is -4.04. The molecule has 0 heterocycles. The van der Waals surface area contributed by atoms with Crippen molar-refractivity contribution in [2.75, 3.05) is 27.3 Å². The van der Waals surface area contributed by atoms with Gasteiger partial charge in [0, 0.05) is 19.5 Å². The number of sulfonamides is 1. The summed E-state index contributed by atoms with van der Waals surface area (Å²) in [7, 11) is -1.14. The van der Waals surface area contributed by atoms with Crippen LogP contribution in [0.4, 0.5) is 4.79 Å². The highest BCUT2D eigenvalue weighted by molar-refractivity contribution is 7.90. The summed E-state index contributed by atoms with van der Waals surface area (Å²) in [6, 6.07) is 16.3. The Balaban J connectivity index is 1.34. The zero-order valence-electron chi connectivity index (χ0n) is 25.5. The minimum absolute atomic E-state index is 0.0380. The van der Waals surface area contributed by atoms with E-state index >= 15 is 0 Å². The molecule has 1 aliphatic carbocycles. The van der Waals surface area contributed by atoms with Crippen molar-refractivity contribution in [2.24, 2.45) is 10.7 Å². The molecule has 4 N–H and O–H groups in total. The highest BCUT2D eigenvalue weighted by Gasteiger charge is 2.32. The summed E-state index contributed by atoms with van der Waals surface area (Å²) >= 11 is 0. The summed E-state index contributed by atoms with van der Waals surface area (Å²) in [6.07, 6.45) is -0.481. The zero-order valence-corrected chi connectivity index (χ0v) is 26.3. The van der Waals surface area contributed by atoms with Gasteiger partial charge in [-0.25, -0.2) is 22.7 Å². The van der Waals surface area contributed by atoms with Gasteiger partial charge in [0.05, 0.1) is 12.0 Å². The number of likely N-dealkylation sites (N-methyl/N-ethyl adjacent to an activating group) is 1. The molecule has 0 fully saturated rings. The van der Waals surface area contributed by atoms with Crippen molar-refractivity contribution >= 4 is 28.0 Å². The lowest BCUT2D eigenvalue weighted by Gasteiger charge is -2.25. The fourth-order valence-corrected chi connectivity index (χ4v) is 7.14. The number of carboxylic acid groups (broad SMARTS) is 1. The Morgan fingerprint density at radius 3 is 2.20 bits per heavy atom. The molecule has 0 saturated carbocycles. The molecule has 3 aromatic carbocycles. The number of aliphatic imine (C=N–C) groups is 1. The monoisotopic (exact) mass is 622 g/mol. The molecule has 4 rings (SSSR count). The molecule has 1 atom stereocenters. The van der Waals surface area contributed by atoms with E-state index in [4.69, 9.17) is 15.2 Å². The molecular formula is C32H38N4O7S. The van der Waals surface area contributed by atoms with Gasteiger partial charge in [-0.05, 0) is 78.6 Å². The maximum Gasteiger partial charge on any atom is 0.410 e. The number of nitrogens with two attached hydrogens (primary N) is 1. The van der Waals surface area contributed by atoms with Crippen molar-refractivity contribution in [1.29, 1.82) is 0 Å². The number of nitrogens with zero attached hydrogens (tertiary/aromatic N) is 2. The number of nitrogens with one attached hydrogen (secondary N) is 1. The number of carbonyl (C=O) groups is 2. The number of carbonyl (C=O) groups excluding carboxylic acids is 1. The van der Waals surface area contributed by atoms with Gasteiger partial charge in [0.1, 0.15) is 18.4 Å². The van der Waals surface area contributed by atoms with Crippen LogP contribution in [0.5, 0.6) is 5.75 Å². The van der Waals surface area contributed by atoms with Crippen molar-refractivity contribution in [2.45, 2.75) is 50.5 Å². The summed E-state index contributed by atoms with van der Waals surface area (Å²) in [5.41, 5.74) is 11.9. The SMILES string of the molecule is COc1cc(C)c(S(=O)(=O)NC(N)=NCCC[C@@H](C(=O)O)N(C)C(=O)OCC2c3ccccc3-c3ccccc32)c(C)c1C. The molecule has 234 valence electrons. The third kappa shape index (κ3) is 6.65. The van der Waals surface area contributed by atoms with Gasteiger partial charge in [-0.15, -0.1) is 0 Å². The van der Waals surface area contributed by atoms with Crippen LogP contribution >= 0.6 is 0 Å². The smallest absolute Gasteiger partial charge is 0.410 e. The Bertz CT molecular complexity index is 1660. The normalized spacial score (nSPS) is 13.5. The van der Waals surface area contributed by atoms with Crippen molar-refractivity contribution in [3.05, 3.63) is 82.4 Å². The quantitative estimate of drug-likeness (QED) is 0.162. The van der Waals surface area contributed by atoms with E-state index < -0.39 is 28.1 Å². The fourth-order valence-electron chi connectivity index (χ4n) is 5.66. The molecule has 0 saturated heterocycles. The summed E-state index contributed by atoms with van der Waals surface area (Å²) in [5.74, 6) is -1.09. The van der Waals surface area contributed by atoms with E-state index in [0.29, 0.717) is 22.4 Å². The number of fused-ring (bicyclic) bond motifs is 3. The predicted octanol–water partition coefficient (Wildman–Crippen LogP) is 4.33. The van der Waals surface area contributed by atoms with Crippen LogP contribution in [-0.4, -0.2) is 69.8 Å². The molecule has 0 aromatic heterocycles. The second kappa shape index (κ2) is 13.4. The lowest BCUT2D eigenvalue weighted by Crippen LogP contribution is -2.43. The van der Waals surface area contributed by atoms with E-state index in [1.165, 1.54) is 14.2 Å². The zero-order chi connectivity index (χ0) is 32.2. The number of rotatable bonds is 11. The second-order valence-electron chi connectivity index (χ2n) is 10.8. The molecular weight excluding hydrogens is 584 g/mol. The number of methoxy groups -OCH3 is 1. The summed E-state index contributed by atoms with van der Waals surface area (Å²) in [4.78, 5) is 30.2. The van der Waals surface area contributed by atoms with Gasteiger partial charge < -0.3 is 20.3 Å². The lowest BCUT2D eigenvalue weighted by atomic mass is 9.98. The summed E-state index contributed by atoms with van der Waals surface area (Å²) in [5, 5.41) is 9.82. The minimum Gasteiger partial charge on any atom is -0.496 e. The van der Waals surface area contributed by atoms with E-state index in [2.05, 4.69) is 9.71 Å². The highest BCUT2D eigenvalue weighted by Crippen LogP contribution is 2.44. The number of amides is 1. The molecule has 11 nitrogen and oxygen atoms in total. The molecule has 0 radical (unpaired) electrons. The molecule has 1 amide bonds. The molecule has 3 aromatic rings. The van der Waals surface area contributed by atoms with Crippen LogP contribution in [0.1, 0.15) is 46.6 Å². The maximum atomic E-state index is 13.1. The largest absolute Gasteiger partial charge is 0.496 e. The third-order valence-corrected chi connectivity index (χ3v) is 9.64. The van der Waals surface area contributed by atoms with Crippen LogP contribution in [0.2, 0.25) is 0 Å². The van der Waals surface area contributed by atoms with Gasteiger partial charge in [-0.2, -0.15) is 0 Å². The van der Waals surface area contributed by atoms with Crippen molar-refractivity contribution in [3.8, 4) is 16.9 Å². The number of carboxylic acids is 1. The Morgan fingerprint density at radius 2 is 1.64 bits per heavy atom. The van der Waals surface area contributed by atoms with E-state index in [-0.39, 0.29) is 42.8 Å². The second-order valence-corrected chi connectivity index (χ2v) is 12.4. The van der Waals surface area contributed by atoms with Gasteiger partial charge in [-0.1, -0.05) is 48.5 Å². The van der Waals surface area contributed by atoms with Gasteiger partial charge in [0.15, 0.2) is 0 Å². The number of hydrogen-bond acceptors (Lipinski definition) is 7. The first kappa shape index (κ1) is 32.3. The van der Waals surface area contributed by atoms with E-state index in [0.717, 1.165) is 27.2 Å². The van der Waals surface area contributed by atoms with Crippen molar-refractivity contribution < 1.29 is 32.6 Å². The van der Waals surface area contributed by atoms with Crippen LogP contribution < -0.4 is 15.2 Å². The number of aryl methyl sites for hydroxylation is 1. The van der Waals surface area contributed by atoms with Crippen LogP contribution in [0.25, 0.3) is 11.1 Å². The van der Waals surface area contributed by atoms with Gasteiger partial charge in [-0.3, -0.25) is 9.89 Å². The Labute approximate surface area is 257 Å². The first-order chi connectivity index (χ1) is 20.9.